The molecule has 2 rings (SSSR count). The van der Waals surface area contributed by atoms with Crippen LogP contribution in [-0.4, -0.2) is 26.0 Å². The molecule has 0 saturated carbocycles. The van der Waals surface area contributed by atoms with Crippen LogP contribution in [0, 0.1) is 0 Å². The second-order valence-corrected chi connectivity index (χ2v) is 6.37. The number of rotatable bonds is 14. The molecular weight excluding hydrogens is 322 g/mol. The number of hydrogen-bond acceptors (Lipinski definition) is 3. The Kier molecular flexibility index (Phi) is 11.1. The molecule has 0 fully saturated rings. The minimum absolute atomic E-state index is 0.705. The van der Waals surface area contributed by atoms with Crippen LogP contribution in [0.2, 0.25) is 0 Å². The SMILES string of the molecule is C(CCCCOCc1ccccc1)=NCCCCOCc1ccccc1. The van der Waals surface area contributed by atoms with Crippen molar-refractivity contribution >= 4 is 6.21 Å². The van der Waals surface area contributed by atoms with Crippen molar-refractivity contribution in [2.45, 2.75) is 45.3 Å². The van der Waals surface area contributed by atoms with Gasteiger partial charge in [-0.2, -0.15) is 0 Å². The second kappa shape index (κ2) is 14.2. The molecule has 0 saturated heterocycles. The molecule has 0 amide bonds. The lowest BCUT2D eigenvalue weighted by Gasteiger charge is -2.03. The molecule has 0 spiro atoms. The Bertz CT molecular complexity index is 530. The summed E-state index contributed by atoms with van der Waals surface area (Å²) < 4.78 is 11.3. The Morgan fingerprint density at radius 3 is 1.77 bits per heavy atom. The van der Waals surface area contributed by atoms with E-state index in [0.717, 1.165) is 51.9 Å². The van der Waals surface area contributed by atoms with Crippen molar-refractivity contribution in [2.24, 2.45) is 4.99 Å². The summed E-state index contributed by atoms with van der Waals surface area (Å²) in [5, 5.41) is 0. The number of benzene rings is 2. The van der Waals surface area contributed by atoms with Crippen LogP contribution in [0.5, 0.6) is 0 Å². The van der Waals surface area contributed by atoms with Gasteiger partial charge in [0.1, 0.15) is 0 Å². The second-order valence-electron chi connectivity index (χ2n) is 6.37. The minimum Gasteiger partial charge on any atom is -0.377 e. The van der Waals surface area contributed by atoms with E-state index in [0.29, 0.717) is 13.2 Å². The zero-order chi connectivity index (χ0) is 18.1. The Morgan fingerprint density at radius 1 is 0.654 bits per heavy atom. The molecule has 0 aliphatic carbocycles. The lowest BCUT2D eigenvalue weighted by atomic mass is 10.2. The van der Waals surface area contributed by atoms with E-state index in [1.807, 2.05) is 36.4 Å². The predicted molar refractivity (Wildman–Crippen MR) is 109 cm³/mol. The van der Waals surface area contributed by atoms with Crippen LogP contribution in [0.25, 0.3) is 0 Å². The summed E-state index contributed by atoms with van der Waals surface area (Å²) in [7, 11) is 0. The Morgan fingerprint density at radius 2 is 1.19 bits per heavy atom. The highest BCUT2D eigenvalue weighted by molar-refractivity contribution is 5.56. The molecule has 3 nitrogen and oxygen atoms in total. The Balaban J connectivity index is 1.33. The first-order valence-electron chi connectivity index (χ1n) is 9.67. The van der Waals surface area contributed by atoms with Gasteiger partial charge in [-0.1, -0.05) is 60.7 Å². The quantitative estimate of drug-likeness (QED) is 0.334. The topological polar surface area (TPSA) is 30.8 Å². The number of ether oxygens (including phenoxy) is 2. The van der Waals surface area contributed by atoms with Crippen molar-refractivity contribution in [1.82, 2.24) is 0 Å². The van der Waals surface area contributed by atoms with Crippen molar-refractivity contribution in [3.8, 4) is 0 Å². The van der Waals surface area contributed by atoms with E-state index in [4.69, 9.17) is 9.47 Å². The molecule has 0 aromatic heterocycles. The molecule has 140 valence electrons. The summed E-state index contributed by atoms with van der Waals surface area (Å²) in [4.78, 5) is 4.47. The minimum atomic E-state index is 0.705. The molecular formula is C23H31NO2. The van der Waals surface area contributed by atoms with Gasteiger partial charge < -0.3 is 9.47 Å². The van der Waals surface area contributed by atoms with Gasteiger partial charge in [0.15, 0.2) is 0 Å². The van der Waals surface area contributed by atoms with Crippen molar-refractivity contribution in [3.05, 3.63) is 71.8 Å². The van der Waals surface area contributed by atoms with Gasteiger partial charge in [0.25, 0.3) is 0 Å². The van der Waals surface area contributed by atoms with Crippen LogP contribution < -0.4 is 0 Å². The third kappa shape index (κ3) is 10.1. The van der Waals surface area contributed by atoms with Gasteiger partial charge in [-0.3, -0.25) is 4.99 Å². The molecule has 0 radical (unpaired) electrons. The van der Waals surface area contributed by atoms with E-state index < -0.39 is 0 Å². The largest absolute Gasteiger partial charge is 0.377 e. The molecule has 26 heavy (non-hydrogen) atoms. The standard InChI is InChI=1S/C23H31NO2/c1-4-12-22(13-5-1)20-25-18-10-3-8-16-24-17-9-11-19-26-21-23-14-6-2-7-15-23/h1-2,4-7,12-16H,3,8-11,17-21H2. The van der Waals surface area contributed by atoms with Gasteiger partial charge in [0, 0.05) is 19.8 Å². The van der Waals surface area contributed by atoms with Crippen molar-refractivity contribution in [1.29, 1.82) is 0 Å². The van der Waals surface area contributed by atoms with Crippen LogP contribution >= 0.6 is 0 Å². The van der Waals surface area contributed by atoms with Crippen molar-refractivity contribution < 1.29 is 9.47 Å². The van der Waals surface area contributed by atoms with Crippen LogP contribution in [0.1, 0.15) is 43.2 Å². The number of unbranched alkanes of at least 4 members (excludes halogenated alkanes) is 3. The maximum absolute atomic E-state index is 5.68. The number of aliphatic imine (C=N–C) groups is 1. The molecule has 0 aliphatic heterocycles. The molecule has 2 aromatic rings. The third-order valence-electron chi connectivity index (χ3n) is 4.05. The summed E-state index contributed by atoms with van der Waals surface area (Å²) in [6, 6.07) is 20.6. The van der Waals surface area contributed by atoms with Gasteiger partial charge in [0.2, 0.25) is 0 Å². The lowest BCUT2D eigenvalue weighted by Crippen LogP contribution is -1.97. The van der Waals surface area contributed by atoms with Crippen molar-refractivity contribution in [3.63, 3.8) is 0 Å². The van der Waals surface area contributed by atoms with Gasteiger partial charge in [0.05, 0.1) is 13.2 Å². The summed E-state index contributed by atoms with van der Waals surface area (Å²) in [6.07, 6.45) is 7.48. The number of nitrogens with zero attached hydrogens (tertiary/aromatic N) is 1. The molecule has 0 bridgehead atoms. The highest BCUT2D eigenvalue weighted by Crippen LogP contribution is 2.03. The molecule has 0 heterocycles. The molecule has 0 unspecified atom stereocenters. The van der Waals surface area contributed by atoms with Gasteiger partial charge in [-0.15, -0.1) is 0 Å². The van der Waals surface area contributed by atoms with Crippen LogP contribution in [-0.2, 0) is 22.7 Å². The summed E-state index contributed by atoms with van der Waals surface area (Å²) in [6.45, 7) is 3.95. The van der Waals surface area contributed by atoms with E-state index >= 15 is 0 Å². The first-order valence-corrected chi connectivity index (χ1v) is 9.67. The highest BCUT2D eigenvalue weighted by Gasteiger charge is 1.93. The van der Waals surface area contributed by atoms with Gasteiger partial charge in [-0.05, 0) is 49.4 Å². The maximum Gasteiger partial charge on any atom is 0.0716 e. The fourth-order valence-corrected chi connectivity index (χ4v) is 2.56. The van der Waals surface area contributed by atoms with Gasteiger partial charge >= 0.3 is 0 Å². The average molecular weight is 354 g/mol. The van der Waals surface area contributed by atoms with E-state index in [9.17, 15) is 0 Å². The highest BCUT2D eigenvalue weighted by atomic mass is 16.5. The zero-order valence-electron chi connectivity index (χ0n) is 15.7. The maximum atomic E-state index is 5.68. The normalized spacial score (nSPS) is 11.2. The van der Waals surface area contributed by atoms with E-state index in [1.165, 1.54) is 11.1 Å². The zero-order valence-corrected chi connectivity index (χ0v) is 15.7. The van der Waals surface area contributed by atoms with Gasteiger partial charge in [-0.25, -0.2) is 0 Å². The fourth-order valence-electron chi connectivity index (χ4n) is 2.56. The lowest BCUT2D eigenvalue weighted by molar-refractivity contribution is 0.117. The van der Waals surface area contributed by atoms with Crippen molar-refractivity contribution in [2.75, 3.05) is 19.8 Å². The average Bonchev–Trinajstić information content (AvgIpc) is 2.70. The van der Waals surface area contributed by atoms with Crippen LogP contribution in [0.15, 0.2) is 65.7 Å². The summed E-state index contributed by atoms with van der Waals surface area (Å²) in [5.41, 5.74) is 2.47. The van der Waals surface area contributed by atoms with E-state index in [1.54, 1.807) is 0 Å². The Hall–Kier alpha value is -1.97. The molecule has 0 N–H and O–H groups in total. The summed E-state index contributed by atoms with van der Waals surface area (Å²) in [5.74, 6) is 0. The molecule has 3 heteroatoms. The molecule has 0 atom stereocenters. The predicted octanol–water partition coefficient (Wildman–Crippen LogP) is 5.44. The third-order valence-corrected chi connectivity index (χ3v) is 4.05. The smallest absolute Gasteiger partial charge is 0.0716 e. The van der Waals surface area contributed by atoms with E-state index in [-0.39, 0.29) is 0 Å². The van der Waals surface area contributed by atoms with E-state index in [2.05, 4.69) is 35.5 Å². The molecule has 2 aromatic carbocycles. The van der Waals surface area contributed by atoms with Crippen LogP contribution in [0.4, 0.5) is 0 Å². The first kappa shape index (κ1) is 20.3. The van der Waals surface area contributed by atoms with Crippen LogP contribution in [0.3, 0.4) is 0 Å². The Labute approximate surface area is 158 Å². The monoisotopic (exact) mass is 353 g/mol. The molecule has 0 aliphatic rings. The number of hydrogen-bond donors (Lipinski definition) is 0. The fraction of sp³-hybridized carbons (Fsp3) is 0.435. The summed E-state index contributed by atoms with van der Waals surface area (Å²) >= 11 is 0. The first-order chi connectivity index (χ1) is 12.9.